The van der Waals surface area contributed by atoms with E-state index in [1.165, 1.54) is 18.9 Å². The second kappa shape index (κ2) is 6.30. The van der Waals surface area contributed by atoms with Crippen LogP contribution in [0.5, 0.6) is 0 Å². The highest BCUT2D eigenvalue weighted by atomic mass is 35.5. The minimum atomic E-state index is -0.164. The van der Waals surface area contributed by atoms with Gasteiger partial charge in [0, 0.05) is 16.3 Å². The molecule has 7 heteroatoms. The zero-order chi connectivity index (χ0) is 15.6. The number of hydrogen-bond acceptors (Lipinski definition) is 6. The second-order valence-electron chi connectivity index (χ2n) is 5.43. The minimum absolute atomic E-state index is 0.0302. The Morgan fingerprint density at radius 1 is 1.45 bits per heavy atom. The van der Waals surface area contributed by atoms with Crippen molar-refractivity contribution in [3.8, 4) is 11.5 Å². The highest BCUT2D eigenvalue weighted by Crippen LogP contribution is 2.52. The van der Waals surface area contributed by atoms with Crippen molar-refractivity contribution >= 4 is 29.3 Å². The third kappa shape index (κ3) is 3.62. The Bertz CT molecular complexity index is 685. The number of hydrogen-bond donors (Lipinski definition) is 0. The summed E-state index contributed by atoms with van der Waals surface area (Å²) in [5, 5.41) is 9.21. The Morgan fingerprint density at radius 3 is 2.95 bits per heavy atom. The standard InChI is InChI=1S/C15H15ClN2O3S/c1-20-12(19)8-15(5-6-15)9-22-14-18-17-13(21-14)10-3-2-4-11(16)7-10/h2-4,7H,5-6,8-9H2,1H3. The molecule has 0 aliphatic heterocycles. The molecule has 0 bridgehead atoms. The first kappa shape index (κ1) is 15.4. The first-order valence-electron chi connectivity index (χ1n) is 6.89. The molecule has 22 heavy (non-hydrogen) atoms. The van der Waals surface area contributed by atoms with Crippen LogP contribution in [0.15, 0.2) is 33.9 Å². The lowest BCUT2D eigenvalue weighted by Gasteiger charge is -2.10. The van der Waals surface area contributed by atoms with Crippen molar-refractivity contribution in [2.24, 2.45) is 5.41 Å². The van der Waals surface area contributed by atoms with Crippen LogP contribution in [0.2, 0.25) is 5.02 Å². The lowest BCUT2D eigenvalue weighted by Crippen LogP contribution is -2.12. The monoisotopic (exact) mass is 338 g/mol. The number of ether oxygens (including phenoxy) is 1. The van der Waals surface area contributed by atoms with Gasteiger partial charge in [-0.3, -0.25) is 4.79 Å². The molecule has 1 heterocycles. The number of carbonyl (C=O) groups excluding carboxylic acids is 1. The number of rotatable bonds is 6. The third-order valence-electron chi connectivity index (χ3n) is 3.68. The van der Waals surface area contributed by atoms with E-state index in [2.05, 4.69) is 10.2 Å². The Morgan fingerprint density at radius 2 is 2.27 bits per heavy atom. The minimum Gasteiger partial charge on any atom is -0.469 e. The zero-order valence-corrected chi connectivity index (χ0v) is 13.6. The molecule has 1 aliphatic carbocycles. The zero-order valence-electron chi connectivity index (χ0n) is 12.0. The van der Waals surface area contributed by atoms with Gasteiger partial charge in [-0.2, -0.15) is 0 Å². The van der Waals surface area contributed by atoms with Crippen LogP contribution in [0.4, 0.5) is 0 Å². The molecule has 0 saturated heterocycles. The van der Waals surface area contributed by atoms with Crippen LogP contribution >= 0.6 is 23.4 Å². The van der Waals surface area contributed by atoms with Gasteiger partial charge in [0.15, 0.2) is 0 Å². The molecule has 0 atom stereocenters. The molecule has 1 aromatic carbocycles. The lowest BCUT2D eigenvalue weighted by molar-refractivity contribution is -0.141. The van der Waals surface area contributed by atoms with E-state index >= 15 is 0 Å². The summed E-state index contributed by atoms with van der Waals surface area (Å²) >= 11 is 7.44. The molecule has 1 aliphatic rings. The van der Waals surface area contributed by atoms with Crippen LogP contribution in [0.3, 0.4) is 0 Å². The molecule has 1 aromatic heterocycles. The molecule has 1 fully saturated rings. The summed E-state index contributed by atoms with van der Waals surface area (Å²) in [6, 6.07) is 7.28. The first-order valence-corrected chi connectivity index (χ1v) is 8.26. The topological polar surface area (TPSA) is 65.2 Å². The summed E-state index contributed by atoms with van der Waals surface area (Å²) < 4.78 is 10.4. The Hall–Kier alpha value is -1.53. The maximum atomic E-state index is 11.4. The van der Waals surface area contributed by atoms with Crippen molar-refractivity contribution in [1.82, 2.24) is 10.2 Å². The highest BCUT2D eigenvalue weighted by molar-refractivity contribution is 7.99. The van der Waals surface area contributed by atoms with Crippen molar-refractivity contribution in [2.45, 2.75) is 24.5 Å². The maximum Gasteiger partial charge on any atom is 0.306 e. The van der Waals surface area contributed by atoms with Crippen LogP contribution in [-0.4, -0.2) is 29.0 Å². The molecule has 0 unspecified atom stereocenters. The maximum absolute atomic E-state index is 11.4. The van der Waals surface area contributed by atoms with Crippen LogP contribution in [0.25, 0.3) is 11.5 Å². The van der Waals surface area contributed by atoms with Gasteiger partial charge in [0.1, 0.15) is 0 Å². The first-order chi connectivity index (χ1) is 10.6. The van der Waals surface area contributed by atoms with Gasteiger partial charge in [-0.05, 0) is 36.5 Å². The van der Waals surface area contributed by atoms with E-state index in [-0.39, 0.29) is 11.4 Å². The number of esters is 1. The van der Waals surface area contributed by atoms with E-state index in [0.717, 1.165) is 24.2 Å². The van der Waals surface area contributed by atoms with Crippen LogP contribution in [0.1, 0.15) is 19.3 Å². The van der Waals surface area contributed by atoms with Gasteiger partial charge >= 0.3 is 5.97 Å². The molecule has 116 valence electrons. The van der Waals surface area contributed by atoms with Crippen molar-refractivity contribution in [1.29, 1.82) is 0 Å². The quantitative estimate of drug-likeness (QED) is 0.589. The van der Waals surface area contributed by atoms with Crippen LogP contribution < -0.4 is 0 Å². The molecule has 1 saturated carbocycles. The Labute approximate surface area is 137 Å². The van der Waals surface area contributed by atoms with Gasteiger partial charge in [-0.15, -0.1) is 10.2 Å². The molecular weight excluding hydrogens is 324 g/mol. The largest absolute Gasteiger partial charge is 0.469 e. The van der Waals surface area contributed by atoms with E-state index in [1.54, 1.807) is 12.1 Å². The molecule has 0 radical (unpaired) electrons. The van der Waals surface area contributed by atoms with Gasteiger partial charge in [0.25, 0.3) is 5.22 Å². The van der Waals surface area contributed by atoms with Crippen molar-refractivity contribution in [3.05, 3.63) is 29.3 Å². The molecule has 0 amide bonds. The number of thioether (sulfide) groups is 1. The van der Waals surface area contributed by atoms with Gasteiger partial charge in [-0.1, -0.05) is 29.4 Å². The van der Waals surface area contributed by atoms with Gasteiger partial charge in [0.05, 0.1) is 13.5 Å². The smallest absolute Gasteiger partial charge is 0.306 e. The summed E-state index contributed by atoms with van der Waals surface area (Å²) in [5.74, 6) is 1.06. The summed E-state index contributed by atoms with van der Waals surface area (Å²) in [6.45, 7) is 0. The number of nitrogens with zero attached hydrogens (tertiary/aromatic N) is 2. The van der Waals surface area contributed by atoms with E-state index < -0.39 is 0 Å². The lowest BCUT2D eigenvalue weighted by atomic mass is 10.1. The van der Waals surface area contributed by atoms with Gasteiger partial charge < -0.3 is 9.15 Å². The third-order valence-corrected chi connectivity index (χ3v) is 5.09. The molecule has 3 rings (SSSR count). The predicted molar refractivity (Wildman–Crippen MR) is 83.8 cm³/mol. The fourth-order valence-corrected chi connectivity index (χ4v) is 3.40. The average Bonchev–Trinajstić information content (AvgIpc) is 3.11. The number of methoxy groups -OCH3 is 1. The van der Waals surface area contributed by atoms with E-state index in [0.29, 0.717) is 22.6 Å². The fraction of sp³-hybridized carbons (Fsp3) is 0.400. The molecular formula is C15H15ClN2O3S. The number of halogens is 1. The molecule has 5 nitrogen and oxygen atoms in total. The van der Waals surface area contributed by atoms with Crippen LogP contribution in [-0.2, 0) is 9.53 Å². The molecule has 0 N–H and O–H groups in total. The average molecular weight is 339 g/mol. The predicted octanol–water partition coefficient (Wildman–Crippen LogP) is 3.83. The van der Waals surface area contributed by atoms with Crippen molar-refractivity contribution in [3.63, 3.8) is 0 Å². The summed E-state index contributed by atoms with van der Waals surface area (Å²) in [6.07, 6.45) is 2.51. The number of carbonyl (C=O) groups is 1. The van der Waals surface area contributed by atoms with Crippen LogP contribution in [0, 0.1) is 5.41 Å². The fourth-order valence-electron chi connectivity index (χ4n) is 2.15. The van der Waals surface area contributed by atoms with Gasteiger partial charge in [-0.25, -0.2) is 0 Å². The molecule has 2 aromatic rings. The molecule has 0 spiro atoms. The van der Waals surface area contributed by atoms with E-state index in [9.17, 15) is 4.79 Å². The SMILES string of the molecule is COC(=O)CC1(CSc2nnc(-c3cccc(Cl)c3)o2)CC1. The highest BCUT2D eigenvalue weighted by Gasteiger charge is 2.45. The Kier molecular flexibility index (Phi) is 4.40. The summed E-state index contributed by atoms with van der Waals surface area (Å²) in [7, 11) is 1.42. The second-order valence-corrected chi connectivity index (χ2v) is 6.79. The van der Waals surface area contributed by atoms with E-state index in [1.807, 2.05) is 12.1 Å². The summed E-state index contributed by atoms with van der Waals surface area (Å²) in [5.41, 5.74) is 0.824. The Balaban J connectivity index is 1.62. The number of benzene rings is 1. The van der Waals surface area contributed by atoms with Crippen molar-refractivity contribution < 1.29 is 13.9 Å². The summed E-state index contributed by atoms with van der Waals surface area (Å²) in [4.78, 5) is 11.4. The van der Waals surface area contributed by atoms with Gasteiger partial charge in [0.2, 0.25) is 5.89 Å². The van der Waals surface area contributed by atoms with E-state index in [4.69, 9.17) is 20.8 Å². The van der Waals surface area contributed by atoms with Crippen molar-refractivity contribution in [2.75, 3.05) is 12.9 Å². The normalized spacial score (nSPS) is 15.5. The number of aromatic nitrogens is 2.